The van der Waals surface area contributed by atoms with Gasteiger partial charge in [0.2, 0.25) is 0 Å². The summed E-state index contributed by atoms with van der Waals surface area (Å²) in [5, 5.41) is 1.10. The van der Waals surface area contributed by atoms with E-state index < -0.39 is 11.2 Å². The Morgan fingerprint density at radius 2 is 1.81 bits per heavy atom. The van der Waals surface area contributed by atoms with Crippen molar-refractivity contribution >= 4 is 40.3 Å². The normalized spacial score (nSPS) is 11.2. The molecule has 0 aliphatic carbocycles. The predicted molar refractivity (Wildman–Crippen MR) is 102 cm³/mol. The number of nitrogens with zero attached hydrogens (tertiary/aromatic N) is 4. The summed E-state index contributed by atoms with van der Waals surface area (Å²) >= 11 is 7.08. The zero-order valence-electron chi connectivity index (χ0n) is 14.5. The molecule has 0 spiro atoms. The van der Waals surface area contributed by atoms with Crippen LogP contribution in [-0.2, 0) is 20.6 Å². The Labute approximate surface area is 158 Å². The van der Waals surface area contributed by atoms with E-state index in [4.69, 9.17) is 11.6 Å². The van der Waals surface area contributed by atoms with Crippen LogP contribution in [0.4, 0.5) is 0 Å². The minimum absolute atomic E-state index is 0.0665. The molecule has 136 valence electrons. The molecule has 1 aromatic carbocycles. The zero-order valence-corrected chi connectivity index (χ0v) is 16.1. The molecular weight excluding hydrogens is 376 g/mol. The van der Waals surface area contributed by atoms with Crippen LogP contribution in [0, 0.1) is 0 Å². The molecule has 0 atom stereocenters. The number of carbonyl (C=O) groups excluding carboxylic acids is 1. The second kappa shape index (κ2) is 7.13. The highest BCUT2D eigenvalue weighted by molar-refractivity contribution is 7.99. The van der Waals surface area contributed by atoms with Gasteiger partial charge >= 0.3 is 5.69 Å². The summed E-state index contributed by atoms with van der Waals surface area (Å²) < 4.78 is 4.13. The highest BCUT2D eigenvalue weighted by atomic mass is 35.5. The predicted octanol–water partition coefficient (Wildman–Crippen LogP) is 2.08. The van der Waals surface area contributed by atoms with Gasteiger partial charge in [-0.1, -0.05) is 23.4 Å². The quantitative estimate of drug-likeness (QED) is 0.490. The molecule has 0 unspecified atom stereocenters. The van der Waals surface area contributed by atoms with Crippen molar-refractivity contribution in [2.24, 2.45) is 14.1 Å². The van der Waals surface area contributed by atoms with Gasteiger partial charge in [0.05, 0.1) is 5.75 Å². The number of Topliss-reactive ketones (excluding diaryl/α,β-unsaturated/α-hetero) is 1. The Morgan fingerprint density at radius 3 is 2.42 bits per heavy atom. The van der Waals surface area contributed by atoms with Crippen molar-refractivity contribution in [1.29, 1.82) is 0 Å². The van der Waals surface area contributed by atoms with Crippen LogP contribution < -0.4 is 11.2 Å². The number of ketones is 1. The number of imidazole rings is 1. The summed E-state index contributed by atoms with van der Waals surface area (Å²) in [6, 6.07) is 6.68. The average Bonchev–Trinajstić information content (AvgIpc) is 3.02. The van der Waals surface area contributed by atoms with Gasteiger partial charge in [-0.25, -0.2) is 9.78 Å². The van der Waals surface area contributed by atoms with Crippen molar-refractivity contribution in [3.63, 3.8) is 0 Å². The minimum Gasteiger partial charge on any atom is -0.313 e. The summed E-state index contributed by atoms with van der Waals surface area (Å²) in [7, 11) is 3.01. The van der Waals surface area contributed by atoms with Gasteiger partial charge in [-0.05, 0) is 31.2 Å². The molecule has 0 amide bonds. The van der Waals surface area contributed by atoms with Gasteiger partial charge in [0.15, 0.2) is 22.1 Å². The average molecular weight is 393 g/mol. The van der Waals surface area contributed by atoms with Crippen LogP contribution in [0.2, 0.25) is 5.02 Å². The van der Waals surface area contributed by atoms with E-state index in [1.54, 1.807) is 35.9 Å². The molecule has 2 heterocycles. The fraction of sp³-hybridized carbons (Fsp3) is 0.294. The number of hydrogen-bond donors (Lipinski definition) is 0. The van der Waals surface area contributed by atoms with Gasteiger partial charge < -0.3 is 4.57 Å². The number of fused-ring (bicyclic) bond motifs is 1. The minimum atomic E-state index is -0.433. The Kier molecular flexibility index (Phi) is 5.06. The van der Waals surface area contributed by atoms with Crippen molar-refractivity contribution in [1.82, 2.24) is 18.7 Å². The van der Waals surface area contributed by atoms with Crippen molar-refractivity contribution in [3.05, 3.63) is 55.7 Å². The molecule has 26 heavy (non-hydrogen) atoms. The van der Waals surface area contributed by atoms with E-state index in [9.17, 15) is 14.4 Å². The first-order valence-electron chi connectivity index (χ1n) is 7.93. The lowest BCUT2D eigenvalue weighted by molar-refractivity contribution is 0.102. The molecule has 9 heteroatoms. The van der Waals surface area contributed by atoms with Gasteiger partial charge in [0.25, 0.3) is 5.56 Å². The van der Waals surface area contributed by atoms with E-state index in [0.717, 1.165) is 4.57 Å². The highest BCUT2D eigenvalue weighted by Gasteiger charge is 2.19. The number of thioether (sulfide) groups is 1. The lowest BCUT2D eigenvalue weighted by Crippen LogP contribution is -2.37. The molecular formula is C17H17ClN4O3S. The lowest BCUT2D eigenvalue weighted by atomic mass is 10.1. The first-order valence-corrected chi connectivity index (χ1v) is 9.29. The number of rotatable bonds is 5. The zero-order chi connectivity index (χ0) is 19.0. The first-order chi connectivity index (χ1) is 12.3. The van der Waals surface area contributed by atoms with Crippen LogP contribution in [0.25, 0.3) is 11.2 Å². The van der Waals surface area contributed by atoms with Crippen molar-refractivity contribution in [2.75, 3.05) is 5.75 Å². The topological polar surface area (TPSA) is 78.9 Å². The SMILES string of the molecule is CCn1c(SCC(=O)c2ccc(Cl)cc2)nc2c1c(=O)n(C)c(=O)n2C. The molecule has 7 nitrogen and oxygen atoms in total. The smallest absolute Gasteiger partial charge is 0.313 e. The largest absolute Gasteiger partial charge is 0.332 e. The number of carbonyl (C=O) groups is 1. The standard InChI is InChI=1S/C17H17ClN4O3S/c1-4-22-13-14(20(2)17(25)21(3)15(13)24)19-16(22)26-9-12(23)10-5-7-11(18)8-6-10/h5-8H,4,9H2,1-3H3. The second-order valence-corrected chi connectivity index (χ2v) is 7.11. The van der Waals surface area contributed by atoms with Gasteiger partial charge in [-0.15, -0.1) is 0 Å². The Bertz CT molecular complexity index is 1110. The van der Waals surface area contributed by atoms with E-state index >= 15 is 0 Å². The maximum atomic E-state index is 12.5. The van der Waals surface area contributed by atoms with Gasteiger partial charge in [-0.3, -0.25) is 18.7 Å². The fourth-order valence-corrected chi connectivity index (χ4v) is 3.76. The van der Waals surface area contributed by atoms with Crippen LogP contribution >= 0.6 is 23.4 Å². The third-order valence-electron chi connectivity index (χ3n) is 4.13. The fourth-order valence-electron chi connectivity index (χ4n) is 2.68. The van der Waals surface area contributed by atoms with E-state index in [1.165, 1.54) is 23.4 Å². The Balaban J connectivity index is 1.98. The summed E-state index contributed by atoms with van der Waals surface area (Å²) in [6.07, 6.45) is 0. The molecule has 0 N–H and O–H groups in total. The molecule has 0 saturated heterocycles. The van der Waals surface area contributed by atoms with Crippen molar-refractivity contribution in [3.8, 4) is 0 Å². The molecule has 0 saturated carbocycles. The van der Waals surface area contributed by atoms with E-state index in [0.29, 0.717) is 33.5 Å². The number of hydrogen-bond acceptors (Lipinski definition) is 5. The van der Waals surface area contributed by atoms with Crippen molar-refractivity contribution < 1.29 is 4.79 Å². The monoisotopic (exact) mass is 392 g/mol. The molecule has 3 rings (SSSR count). The molecule has 0 aliphatic rings. The van der Waals surface area contributed by atoms with E-state index in [2.05, 4.69) is 4.98 Å². The van der Waals surface area contributed by atoms with Gasteiger partial charge in [0, 0.05) is 31.2 Å². The molecule has 2 aromatic heterocycles. The molecule has 0 fully saturated rings. The Morgan fingerprint density at radius 1 is 1.15 bits per heavy atom. The third-order valence-corrected chi connectivity index (χ3v) is 5.36. The molecule has 3 aromatic rings. The van der Waals surface area contributed by atoms with Gasteiger partial charge in [0.1, 0.15) is 0 Å². The third kappa shape index (κ3) is 3.10. The second-order valence-electron chi connectivity index (χ2n) is 5.74. The van der Waals surface area contributed by atoms with Crippen LogP contribution in [0.15, 0.2) is 39.0 Å². The number of halogens is 1. The number of benzene rings is 1. The van der Waals surface area contributed by atoms with Crippen LogP contribution in [-0.4, -0.2) is 30.2 Å². The van der Waals surface area contributed by atoms with E-state index in [-0.39, 0.29) is 11.5 Å². The van der Waals surface area contributed by atoms with Crippen LogP contribution in [0.3, 0.4) is 0 Å². The van der Waals surface area contributed by atoms with Crippen molar-refractivity contribution in [2.45, 2.75) is 18.6 Å². The molecule has 0 aliphatic heterocycles. The maximum absolute atomic E-state index is 12.5. The highest BCUT2D eigenvalue weighted by Crippen LogP contribution is 2.22. The summed E-state index contributed by atoms with van der Waals surface area (Å²) in [4.78, 5) is 41.4. The lowest BCUT2D eigenvalue weighted by Gasteiger charge is -2.06. The van der Waals surface area contributed by atoms with Gasteiger partial charge in [-0.2, -0.15) is 0 Å². The van der Waals surface area contributed by atoms with Crippen LogP contribution in [0.5, 0.6) is 0 Å². The molecule has 0 radical (unpaired) electrons. The summed E-state index contributed by atoms with van der Waals surface area (Å²) in [6.45, 7) is 2.39. The first kappa shape index (κ1) is 18.5. The number of aryl methyl sites for hydroxylation is 2. The van der Waals surface area contributed by atoms with E-state index in [1.807, 2.05) is 6.92 Å². The Hall–Kier alpha value is -2.32. The summed E-state index contributed by atoms with van der Waals surface area (Å²) in [5.41, 5.74) is 0.412. The summed E-state index contributed by atoms with van der Waals surface area (Å²) in [5.74, 6) is 0.0994. The number of aromatic nitrogens is 4. The molecule has 0 bridgehead atoms. The maximum Gasteiger partial charge on any atom is 0.332 e. The van der Waals surface area contributed by atoms with Crippen LogP contribution in [0.1, 0.15) is 17.3 Å².